The van der Waals surface area contributed by atoms with E-state index in [-0.39, 0.29) is 9.79 Å². The quantitative estimate of drug-likeness (QED) is 0.718. The average molecular weight is 437 g/mol. The zero-order valence-electron chi connectivity index (χ0n) is 17.3. The van der Waals surface area contributed by atoms with Crippen molar-refractivity contribution < 1.29 is 16.8 Å². The van der Waals surface area contributed by atoms with Crippen LogP contribution in [0.5, 0.6) is 0 Å². The number of sulfonamides is 2. The van der Waals surface area contributed by atoms with E-state index in [1.54, 1.807) is 44.2 Å². The summed E-state index contributed by atoms with van der Waals surface area (Å²) in [6, 6.07) is 9.86. The van der Waals surface area contributed by atoms with E-state index in [0.717, 1.165) is 24.8 Å². The molecular formula is C21H28N2O4S2. The van der Waals surface area contributed by atoms with Gasteiger partial charge in [-0.25, -0.2) is 16.8 Å². The molecule has 1 aliphatic heterocycles. The zero-order valence-corrected chi connectivity index (χ0v) is 19.0. The van der Waals surface area contributed by atoms with Crippen LogP contribution in [0.15, 0.2) is 46.2 Å². The maximum Gasteiger partial charge on any atom is 0.264 e. The first-order valence-electron chi connectivity index (χ1n) is 9.72. The van der Waals surface area contributed by atoms with E-state index in [0.29, 0.717) is 29.9 Å². The first-order chi connectivity index (χ1) is 13.5. The van der Waals surface area contributed by atoms with Crippen molar-refractivity contribution in [2.24, 2.45) is 0 Å². The lowest BCUT2D eigenvalue weighted by Gasteiger charge is -2.28. The van der Waals surface area contributed by atoms with Gasteiger partial charge in [-0.3, -0.25) is 4.31 Å². The molecule has 0 bridgehead atoms. The van der Waals surface area contributed by atoms with Crippen molar-refractivity contribution in [3.8, 4) is 0 Å². The number of hydrogen-bond donors (Lipinski definition) is 0. The van der Waals surface area contributed by atoms with Gasteiger partial charge in [0.2, 0.25) is 10.0 Å². The van der Waals surface area contributed by atoms with Crippen LogP contribution < -0.4 is 4.31 Å². The molecule has 0 aliphatic carbocycles. The highest BCUT2D eigenvalue weighted by Crippen LogP contribution is 2.32. The van der Waals surface area contributed by atoms with Gasteiger partial charge < -0.3 is 0 Å². The Morgan fingerprint density at radius 2 is 1.41 bits per heavy atom. The molecule has 6 nitrogen and oxygen atoms in total. The van der Waals surface area contributed by atoms with Crippen LogP contribution in [0.1, 0.15) is 36.0 Å². The molecule has 2 aromatic rings. The van der Waals surface area contributed by atoms with Crippen LogP contribution >= 0.6 is 0 Å². The molecule has 8 heteroatoms. The lowest BCUT2D eigenvalue weighted by molar-refractivity contribution is 0.346. The highest BCUT2D eigenvalue weighted by Gasteiger charge is 2.30. The molecule has 2 aromatic carbocycles. The summed E-state index contributed by atoms with van der Waals surface area (Å²) in [7, 11) is -6.01. The Morgan fingerprint density at radius 3 is 2.00 bits per heavy atom. The van der Waals surface area contributed by atoms with Crippen molar-refractivity contribution in [3.05, 3.63) is 53.1 Å². The molecular weight excluding hydrogens is 408 g/mol. The molecule has 158 valence electrons. The van der Waals surface area contributed by atoms with Crippen LogP contribution in [0.2, 0.25) is 0 Å². The number of hydrogen-bond acceptors (Lipinski definition) is 4. The highest BCUT2D eigenvalue weighted by molar-refractivity contribution is 7.92. The van der Waals surface area contributed by atoms with Crippen molar-refractivity contribution in [2.45, 2.75) is 49.8 Å². The van der Waals surface area contributed by atoms with Crippen LogP contribution in [-0.2, 0) is 20.0 Å². The second-order valence-corrected chi connectivity index (χ2v) is 11.5. The summed E-state index contributed by atoms with van der Waals surface area (Å²) in [5.41, 5.74) is 2.66. The minimum absolute atomic E-state index is 0.172. The van der Waals surface area contributed by atoms with Crippen LogP contribution in [-0.4, -0.2) is 41.3 Å². The monoisotopic (exact) mass is 436 g/mol. The van der Waals surface area contributed by atoms with Gasteiger partial charge in [-0.2, -0.15) is 4.31 Å². The molecule has 0 unspecified atom stereocenters. The third kappa shape index (κ3) is 4.20. The summed E-state index contributed by atoms with van der Waals surface area (Å²) in [4.78, 5) is 0.344. The van der Waals surface area contributed by atoms with E-state index in [1.807, 2.05) is 6.92 Å². The fraction of sp³-hybridized carbons (Fsp3) is 0.429. The minimum Gasteiger partial charge on any atom is -0.269 e. The first kappa shape index (κ1) is 21.8. The summed E-state index contributed by atoms with van der Waals surface area (Å²) >= 11 is 0. The van der Waals surface area contributed by atoms with Crippen LogP contribution in [0.25, 0.3) is 0 Å². The number of rotatable bonds is 5. The van der Waals surface area contributed by atoms with E-state index in [2.05, 4.69) is 0 Å². The lowest BCUT2D eigenvalue weighted by atomic mass is 10.1. The minimum atomic E-state index is -3.81. The van der Waals surface area contributed by atoms with Crippen molar-refractivity contribution in [3.63, 3.8) is 0 Å². The summed E-state index contributed by atoms with van der Waals surface area (Å²) < 4.78 is 55.3. The van der Waals surface area contributed by atoms with E-state index in [9.17, 15) is 16.8 Å². The third-order valence-electron chi connectivity index (χ3n) is 5.44. The largest absolute Gasteiger partial charge is 0.269 e. The topological polar surface area (TPSA) is 74.8 Å². The fourth-order valence-corrected chi connectivity index (χ4v) is 6.68. The number of anilines is 1. The van der Waals surface area contributed by atoms with Gasteiger partial charge in [0.25, 0.3) is 10.0 Å². The molecule has 0 N–H and O–H groups in total. The van der Waals surface area contributed by atoms with Gasteiger partial charge in [0.05, 0.1) is 15.5 Å². The van der Waals surface area contributed by atoms with Crippen molar-refractivity contribution >= 4 is 25.7 Å². The Morgan fingerprint density at radius 1 is 0.828 bits per heavy atom. The molecule has 3 rings (SSSR count). The Bertz CT molecular complexity index is 1100. The Labute approximate surface area is 174 Å². The van der Waals surface area contributed by atoms with E-state index >= 15 is 0 Å². The zero-order chi connectivity index (χ0) is 21.4. The summed E-state index contributed by atoms with van der Waals surface area (Å²) in [5.74, 6) is 0. The molecule has 1 fully saturated rings. The summed E-state index contributed by atoms with van der Waals surface area (Å²) in [6.45, 7) is 6.44. The van der Waals surface area contributed by atoms with Gasteiger partial charge >= 0.3 is 0 Å². The van der Waals surface area contributed by atoms with Gasteiger partial charge in [-0.05, 0) is 62.9 Å². The third-order valence-corrected chi connectivity index (χ3v) is 9.27. The molecule has 1 heterocycles. The van der Waals surface area contributed by atoms with Gasteiger partial charge in [0.15, 0.2) is 0 Å². The predicted octanol–water partition coefficient (Wildman–Crippen LogP) is 3.61. The second-order valence-electron chi connectivity index (χ2n) is 7.65. The summed E-state index contributed by atoms with van der Waals surface area (Å²) in [5, 5.41) is 0. The van der Waals surface area contributed by atoms with Crippen molar-refractivity contribution in [1.29, 1.82) is 0 Å². The average Bonchev–Trinajstić information content (AvgIpc) is 2.68. The van der Waals surface area contributed by atoms with Crippen molar-refractivity contribution in [2.75, 3.05) is 24.4 Å². The van der Waals surface area contributed by atoms with Crippen LogP contribution in [0.3, 0.4) is 0 Å². The maximum atomic E-state index is 13.2. The Kier molecular flexibility index (Phi) is 6.08. The van der Waals surface area contributed by atoms with Gasteiger partial charge in [0, 0.05) is 20.1 Å². The van der Waals surface area contributed by atoms with Gasteiger partial charge in [-0.15, -0.1) is 0 Å². The normalized spacial score (nSPS) is 16.0. The van der Waals surface area contributed by atoms with Gasteiger partial charge in [0.1, 0.15) is 0 Å². The maximum absolute atomic E-state index is 13.2. The molecule has 1 aliphatic rings. The smallest absolute Gasteiger partial charge is 0.264 e. The van der Waals surface area contributed by atoms with Gasteiger partial charge in [-0.1, -0.05) is 30.2 Å². The molecule has 0 spiro atoms. The highest BCUT2D eigenvalue weighted by atomic mass is 32.2. The van der Waals surface area contributed by atoms with Crippen LogP contribution in [0.4, 0.5) is 5.69 Å². The predicted molar refractivity (Wildman–Crippen MR) is 115 cm³/mol. The molecule has 0 atom stereocenters. The first-order valence-corrected chi connectivity index (χ1v) is 12.6. The number of nitrogens with zero attached hydrogens (tertiary/aromatic N) is 2. The van der Waals surface area contributed by atoms with E-state index in [4.69, 9.17) is 0 Å². The Balaban J connectivity index is 2.06. The van der Waals surface area contributed by atoms with Crippen LogP contribution in [0, 0.1) is 20.8 Å². The molecule has 0 radical (unpaired) electrons. The molecule has 29 heavy (non-hydrogen) atoms. The van der Waals surface area contributed by atoms with E-state index < -0.39 is 20.0 Å². The standard InChI is InChI=1S/C21H28N2O4S2/c1-16-8-10-19(11-9-16)28(24,25)22(4)20-15-21(18(3)14-17(20)2)29(26,27)23-12-6-5-7-13-23/h8-11,14-15H,5-7,12-13H2,1-4H3. The number of benzene rings is 2. The molecule has 1 saturated heterocycles. The molecule has 0 amide bonds. The fourth-order valence-electron chi connectivity index (χ4n) is 3.68. The molecule has 0 saturated carbocycles. The lowest BCUT2D eigenvalue weighted by Crippen LogP contribution is -2.36. The second kappa shape index (κ2) is 8.08. The van der Waals surface area contributed by atoms with E-state index in [1.165, 1.54) is 21.7 Å². The Hall–Kier alpha value is -1.90. The number of aryl methyl sites for hydroxylation is 3. The SMILES string of the molecule is Cc1ccc(S(=O)(=O)N(C)c2cc(S(=O)(=O)N3CCCCC3)c(C)cc2C)cc1. The number of piperidine rings is 1. The molecule has 0 aromatic heterocycles. The summed E-state index contributed by atoms with van der Waals surface area (Å²) in [6.07, 6.45) is 2.72. The van der Waals surface area contributed by atoms with Crippen molar-refractivity contribution in [1.82, 2.24) is 4.31 Å².